The number of nitrogen functional groups attached to an aromatic ring is 1. The number of nitrogens with two attached hydrogens (primary N) is 1. The Kier molecular flexibility index (Phi) is 3.33. The Morgan fingerprint density at radius 1 is 1.62 bits per heavy atom. The Bertz CT molecular complexity index is 340. The smallest absolute Gasteiger partial charge is 0.147 e. The highest BCUT2D eigenvalue weighted by Crippen LogP contribution is 2.30. The van der Waals surface area contributed by atoms with Gasteiger partial charge >= 0.3 is 0 Å². The third-order valence-corrected chi connectivity index (χ3v) is 3.05. The van der Waals surface area contributed by atoms with E-state index in [2.05, 4.69) is 15.9 Å². The van der Waals surface area contributed by atoms with Crippen molar-refractivity contribution in [2.45, 2.75) is 11.8 Å². The van der Waals surface area contributed by atoms with Crippen LogP contribution in [0.1, 0.15) is 17.3 Å². The fourth-order valence-electron chi connectivity index (χ4n) is 0.995. The minimum Gasteiger partial charge on any atom is -0.398 e. The fraction of sp³-hybridized carbons (Fsp3) is 0.222. The lowest BCUT2D eigenvalue weighted by atomic mass is 10.1. The summed E-state index contributed by atoms with van der Waals surface area (Å²) in [4.78, 5) is 10.7. The second-order valence-electron chi connectivity index (χ2n) is 2.75. The number of ketones is 1. The van der Waals surface area contributed by atoms with Crippen molar-refractivity contribution < 1.29 is 4.79 Å². The molecule has 1 atom stereocenters. The van der Waals surface area contributed by atoms with Crippen LogP contribution < -0.4 is 5.73 Å². The average molecular weight is 263 g/mol. The van der Waals surface area contributed by atoms with Gasteiger partial charge in [0, 0.05) is 10.7 Å². The van der Waals surface area contributed by atoms with Gasteiger partial charge in [-0.15, -0.1) is 0 Å². The summed E-state index contributed by atoms with van der Waals surface area (Å²) in [6, 6.07) is 5.09. The zero-order chi connectivity index (χ0) is 10.0. The minimum absolute atomic E-state index is 0.0222. The molecule has 0 aliphatic carbocycles. The first-order chi connectivity index (χ1) is 6.02. The monoisotopic (exact) mass is 261 g/mol. The molecule has 0 radical (unpaired) electrons. The minimum atomic E-state index is -0.343. The standard InChI is InChI=1S/C9H9BrClNO/c1-5(13)9(10)7-3-2-6(11)4-8(7)12/h2-4,9H,12H2,1H3. The van der Waals surface area contributed by atoms with Gasteiger partial charge < -0.3 is 5.73 Å². The van der Waals surface area contributed by atoms with Gasteiger partial charge in [-0.2, -0.15) is 0 Å². The molecule has 1 aromatic carbocycles. The quantitative estimate of drug-likeness (QED) is 0.658. The Morgan fingerprint density at radius 3 is 2.69 bits per heavy atom. The zero-order valence-corrected chi connectivity index (χ0v) is 9.39. The van der Waals surface area contributed by atoms with Crippen LogP contribution in [0.25, 0.3) is 0 Å². The molecule has 0 aliphatic heterocycles. The average Bonchev–Trinajstić information content (AvgIpc) is 2.03. The molecule has 2 N–H and O–H groups in total. The van der Waals surface area contributed by atoms with Crippen LogP contribution >= 0.6 is 27.5 Å². The number of alkyl halides is 1. The van der Waals surface area contributed by atoms with Gasteiger partial charge in [0.1, 0.15) is 5.78 Å². The Balaban J connectivity index is 3.08. The van der Waals surface area contributed by atoms with Gasteiger partial charge in [0.2, 0.25) is 0 Å². The van der Waals surface area contributed by atoms with E-state index < -0.39 is 0 Å². The molecule has 0 saturated carbocycles. The molecule has 0 heterocycles. The molecule has 70 valence electrons. The SMILES string of the molecule is CC(=O)C(Br)c1ccc(Cl)cc1N. The van der Waals surface area contributed by atoms with Crippen LogP contribution in [0, 0.1) is 0 Å². The van der Waals surface area contributed by atoms with E-state index in [0.29, 0.717) is 10.7 Å². The third kappa shape index (κ3) is 2.45. The second kappa shape index (κ2) is 4.11. The van der Waals surface area contributed by atoms with Gasteiger partial charge in [-0.05, 0) is 24.6 Å². The van der Waals surface area contributed by atoms with Gasteiger partial charge in [-0.25, -0.2) is 0 Å². The molecule has 0 spiro atoms. The first-order valence-corrected chi connectivity index (χ1v) is 5.01. The van der Waals surface area contributed by atoms with Crippen molar-refractivity contribution in [3.8, 4) is 0 Å². The second-order valence-corrected chi connectivity index (χ2v) is 4.10. The van der Waals surface area contributed by atoms with Gasteiger partial charge in [-0.1, -0.05) is 33.6 Å². The number of carbonyl (C=O) groups excluding carboxylic acids is 1. The summed E-state index contributed by atoms with van der Waals surface area (Å²) >= 11 is 8.97. The van der Waals surface area contributed by atoms with Crippen LogP contribution in [-0.4, -0.2) is 5.78 Å². The molecule has 1 aromatic rings. The van der Waals surface area contributed by atoms with E-state index >= 15 is 0 Å². The fourth-order valence-corrected chi connectivity index (χ4v) is 1.59. The number of hydrogen-bond acceptors (Lipinski definition) is 2. The van der Waals surface area contributed by atoms with Gasteiger partial charge in [0.05, 0.1) is 4.83 Å². The number of benzene rings is 1. The number of carbonyl (C=O) groups is 1. The van der Waals surface area contributed by atoms with E-state index in [-0.39, 0.29) is 10.6 Å². The highest BCUT2D eigenvalue weighted by atomic mass is 79.9. The van der Waals surface area contributed by atoms with Crippen molar-refractivity contribution in [3.63, 3.8) is 0 Å². The maximum Gasteiger partial charge on any atom is 0.147 e. The van der Waals surface area contributed by atoms with E-state index in [1.165, 1.54) is 6.92 Å². The van der Waals surface area contributed by atoms with Crippen molar-refractivity contribution in [2.75, 3.05) is 5.73 Å². The van der Waals surface area contributed by atoms with Crippen LogP contribution in [-0.2, 0) is 4.79 Å². The van der Waals surface area contributed by atoms with Gasteiger partial charge in [-0.3, -0.25) is 4.79 Å². The van der Waals surface area contributed by atoms with Crippen LogP contribution in [0.4, 0.5) is 5.69 Å². The van der Waals surface area contributed by atoms with Crippen molar-refractivity contribution >= 4 is 39.0 Å². The summed E-state index contributed by atoms with van der Waals surface area (Å²) < 4.78 is 0. The number of rotatable bonds is 2. The molecule has 0 aromatic heterocycles. The van der Waals surface area contributed by atoms with E-state index in [9.17, 15) is 4.79 Å². The number of hydrogen-bond donors (Lipinski definition) is 1. The molecular formula is C9H9BrClNO. The van der Waals surface area contributed by atoms with Crippen LogP contribution in [0.5, 0.6) is 0 Å². The highest BCUT2D eigenvalue weighted by Gasteiger charge is 2.15. The van der Waals surface area contributed by atoms with E-state index in [0.717, 1.165) is 5.56 Å². The summed E-state index contributed by atoms with van der Waals surface area (Å²) in [5.74, 6) is 0.0222. The molecule has 0 fully saturated rings. The molecule has 1 unspecified atom stereocenters. The molecule has 0 saturated heterocycles. The summed E-state index contributed by atoms with van der Waals surface area (Å²) in [6.45, 7) is 1.51. The summed E-state index contributed by atoms with van der Waals surface area (Å²) in [6.07, 6.45) is 0. The Hall–Kier alpha value is -0.540. The molecule has 0 aliphatic rings. The Morgan fingerprint density at radius 2 is 2.23 bits per heavy atom. The number of anilines is 1. The van der Waals surface area contributed by atoms with Crippen LogP contribution in [0.3, 0.4) is 0 Å². The lowest BCUT2D eigenvalue weighted by Gasteiger charge is -2.09. The van der Waals surface area contributed by atoms with Gasteiger partial charge in [0.15, 0.2) is 0 Å². The van der Waals surface area contributed by atoms with E-state index in [1.54, 1.807) is 18.2 Å². The first kappa shape index (κ1) is 10.5. The molecule has 2 nitrogen and oxygen atoms in total. The molecule has 13 heavy (non-hydrogen) atoms. The number of Topliss-reactive ketones (excluding diaryl/α,β-unsaturated/α-hetero) is 1. The summed E-state index contributed by atoms with van der Waals surface area (Å²) in [5, 5.41) is 0.574. The predicted molar refractivity (Wildman–Crippen MR) is 58.2 cm³/mol. The topological polar surface area (TPSA) is 43.1 Å². The number of halogens is 2. The molecular weight excluding hydrogens is 253 g/mol. The van der Waals surface area contributed by atoms with E-state index in [4.69, 9.17) is 17.3 Å². The van der Waals surface area contributed by atoms with E-state index in [1.807, 2.05) is 0 Å². The third-order valence-electron chi connectivity index (χ3n) is 1.68. The lowest BCUT2D eigenvalue weighted by molar-refractivity contribution is -0.116. The maximum absolute atomic E-state index is 11.0. The summed E-state index contributed by atoms with van der Waals surface area (Å²) in [7, 11) is 0. The van der Waals surface area contributed by atoms with Crippen molar-refractivity contribution in [2.24, 2.45) is 0 Å². The zero-order valence-electron chi connectivity index (χ0n) is 7.05. The van der Waals surface area contributed by atoms with Crippen molar-refractivity contribution in [1.29, 1.82) is 0 Å². The van der Waals surface area contributed by atoms with Gasteiger partial charge in [0.25, 0.3) is 0 Å². The summed E-state index contributed by atoms with van der Waals surface area (Å²) in [5.41, 5.74) is 6.99. The normalized spacial score (nSPS) is 12.5. The predicted octanol–water partition coefficient (Wildman–Crippen LogP) is 2.95. The molecule has 4 heteroatoms. The maximum atomic E-state index is 11.0. The largest absolute Gasteiger partial charge is 0.398 e. The molecule has 1 rings (SSSR count). The molecule has 0 bridgehead atoms. The van der Waals surface area contributed by atoms with Crippen LogP contribution in [0.2, 0.25) is 5.02 Å². The van der Waals surface area contributed by atoms with Crippen molar-refractivity contribution in [1.82, 2.24) is 0 Å². The van der Waals surface area contributed by atoms with Crippen LogP contribution in [0.15, 0.2) is 18.2 Å². The highest BCUT2D eigenvalue weighted by molar-refractivity contribution is 9.09. The Labute approximate surface area is 90.2 Å². The first-order valence-electron chi connectivity index (χ1n) is 3.72. The lowest BCUT2D eigenvalue weighted by Crippen LogP contribution is -2.04. The van der Waals surface area contributed by atoms with Crippen molar-refractivity contribution in [3.05, 3.63) is 28.8 Å². The molecule has 0 amide bonds.